The molecule has 18 heavy (non-hydrogen) atoms. The third-order valence-corrected chi connectivity index (χ3v) is 2.80. The first kappa shape index (κ1) is 14.7. The molecular weight excluding hydrogens is 236 g/mol. The second-order valence-corrected chi connectivity index (χ2v) is 4.43. The Morgan fingerprint density at radius 2 is 2.28 bits per heavy atom. The number of aliphatic carboxylic acids is 1. The molecule has 0 heterocycles. The molecule has 0 bridgehead atoms. The van der Waals surface area contributed by atoms with Gasteiger partial charge in [-0.2, -0.15) is 0 Å². The van der Waals surface area contributed by atoms with Crippen molar-refractivity contribution < 1.29 is 19.4 Å². The van der Waals surface area contributed by atoms with Gasteiger partial charge in [0.05, 0.1) is 12.1 Å². The number of ether oxygens (including phenoxy) is 1. The Morgan fingerprint density at radius 1 is 1.61 bits per heavy atom. The monoisotopic (exact) mass is 256 g/mol. The minimum atomic E-state index is -0.989. The average molecular weight is 256 g/mol. The maximum Gasteiger partial charge on any atom is 0.331 e. The molecule has 0 saturated heterocycles. The number of amides is 1. The molecule has 0 aromatic heterocycles. The van der Waals surface area contributed by atoms with E-state index in [2.05, 4.69) is 5.32 Å². The van der Waals surface area contributed by atoms with Crippen molar-refractivity contribution in [2.75, 3.05) is 6.61 Å². The summed E-state index contributed by atoms with van der Waals surface area (Å²) in [5.41, 5.74) is 6.16. The average Bonchev–Trinajstić information content (AvgIpc) is 2.28. The standard InChI is InChI=1S/C12H20N2O4/c1-3-4-18-10-6-8(12(16)17)5-9(13)11(10)14-7(2)15/h6,9-11H,3-5,13H2,1-2H3,(H,14,15)(H,16,17)/t9-,10?,11+/m0/s1. The first-order chi connectivity index (χ1) is 8.45. The summed E-state index contributed by atoms with van der Waals surface area (Å²) in [5, 5.41) is 11.7. The van der Waals surface area contributed by atoms with E-state index in [1.165, 1.54) is 6.92 Å². The van der Waals surface area contributed by atoms with Crippen molar-refractivity contribution in [3.05, 3.63) is 11.6 Å². The third kappa shape index (κ3) is 3.82. The van der Waals surface area contributed by atoms with E-state index in [9.17, 15) is 9.59 Å². The lowest BCUT2D eigenvalue weighted by Crippen LogP contribution is -2.56. The van der Waals surface area contributed by atoms with Gasteiger partial charge in [0.15, 0.2) is 0 Å². The Labute approximate surface area is 106 Å². The van der Waals surface area contributed by atoms with Crippen LogP contribution < -0.4 is 11.1 Å². The Balaban J connectivity index is 2.87. The van der Waals surface area contributed by atoms with Gasteiger partial charge in [-0.25, -0.2) is 4.79 Å². The number of carboxylic acid groups (broad SMARTS) is 1. The molecule has 0 fully saturated rings. The smallest absolute Gasteiger partial charge is 0.331 e. The zero-order chi connectivity index (χ0) is 13.7. The Bertz CT molecular complexity index is 354. The summed E-state index contributed by atoms with van der Waals surface area (Å²) >= 11 is 0. The highest BCUT2D eigenvalue weighted by Gasteiger charge is 2.34. The molecule has 0 saturated carbocycles. The van der Waals surface area contributed by atoms with Crippen LogP contribution in [0, 0.1) is 0 Å². The zero-order valence-corrected chi connectivity index (χ0v) is 10.7. The number of hydrogen-bond acceptors (Lipinski definition) is 4. The first-order valence-electron chi connectivity index (χ1n) is 6.04. The molecule has 1 aliphatic carbocycles. The van der Waals surface area contributed by atoms with Gasteiger partial charge in [0, 0.05) is 25.1 Å². The molecule has 102 valence electrons. The summed E-state index contributed by atoms with van der Waals surface area (Å²) in [6, 6.07) is -0.830. The maximum absolute atomic E-state index is 11.1. The van der Waals surface area contributed by atoms with Crippen LogP contribution in [0.4, 0.5) is 0 Å². The molecule has 1 rings (SSSR count). The number of nitrogens with two attached hydrogens (primary N) is 1. The van der Waals surface area contributed by atoms with Gasteiger partial charge in [-0.05, 0) is 18.9 Å². The minimum Gasteiger partial charge on any atom is -0.478 e. The SMILES string of the molecule is CCCOC1C=C(C(=O)O)C[C@H](N)[C@H]1NC(C)=O. The number of carbonyl (C=O) groups is 2. The third-order valence-electron chi connectivity index (χ3n) is 2.80. The summed E-state index contributed by atoms with van der Waals surface area (Å²) in [7, 11) is 0. The van der Waals surface area contributed by atoms with Crippen molar-refractivity contribution in [1.29, 1.82) is 0 Å². The molecule has 0 aliphatic heterocycles. The molecule has 4 N–H and O–H groups in total. The van der Waals surface area contributed by atoms with Crippen molar-refractivity contribution in [3.8, 4) is 0 Å². The van der Waals surface area contributed by atoms with Gasteiger partial charge in [-0.3, -0.25) is 4.79 Å². The largest absolute Gasteiger partial charge is 0.478 e. The molecule has 6 heteroatoms. The van der Waals surface area contributed by atoms with Gasteiger partial charge in [0.1, 0.15) is 0 Å². The fourth-order valence-corrected chi connectivity index (χ4v) is 1.98. The van der Waals surface area contributed by atoms with E-state index in [-0.39, 0.29) is 23.9 Å². The molecule has 0 aromatic rings. The van der Waals surface area contributed by atoms with Crippen LogP contribution >= 0.6 is 0 Å². The Morgan fingerprint density at radius 3 is 2.78 bits per heavy atom. The van der Waals surface area contributed by atoms with E-state index in [4.69, 9.17) is 15.6 Å². The van der Waals surface area contributed by atoms with E-state index in [0.29, 0.717) is 6.61 Å². The van der Waals surface area contributed by atoms with Crippen LogP contribution in [-0.4, -0.2) is 41.8 Å². The highest BCUT2D eigenvalue weighted by Crippen LogP contribution is 2.21. The molecule has 1 amide bonds. The molecule has 0 spiro atoms. The lowest BCUT2D eigenvalue weighted by atomic mass is 9.88. The normalized spacial score (nSPS) is 27.5. The Kier molecular flexibility index (Phi) is 5.30. The predicted molar refractivity (Wildman–Crippen MR) is 65.9 cm³/mol. The first-order valence-corrected chi connectivity index (χ1v) is 6.04. The molecular formula is C12H20N2O4. The summed E-state index contributed by atoms with van der Waals surface area (Å²) < 4.78 is 5.56. The van der Waals surface area contributed by atoms with Gasteiger partial charge in [0.25, 0.3) is 0 Å². The summed E-state index contributed by atoms with van der Waals surface area (Å²) in [6.07, 6.45) is 2.10. The van der Waals surface area contributed by atoms with E-state index in [0.717, 1.165) is 6.42 Å². The zero-order valence-electron chi connectivity index (χ0n) is 10.7. The maximum atomic E-state index is 11.1. The number of hydrogen-bond donors (Lipinski definition) is 3. The fourth-order valence-electron chi connectivity index (χ4n) is 1.98. The highest BCUT2D eigenvalue weighted by molar-refractivity contribution is 5.87. The molecule has 1 aliphatic rings. The molecule has 3 atom stereocenters. The van der Waals surface area contributed by atoms with Gasteiger partial charge in [-0.1, -0.05) is 6.92 Å². The van der Waals surface area contributed by atoms with E-state index < -0.39 is 18.1 Å². The van der Waals surface area contributed by atoms with Gasteiger partial charge in [0.2, 0.25) is 5.91 Å². The number of carboxylic acids is 1. The van der Waals surface area contributed by atoms with Crippen molar-refractivity contribution in [3.63, 3.8) is 0 Å². The van der Waals surface area contributed by atoms with E-state index in [1.54, 1.807) is 6.08 Å². The summed E-state index contributed by atoms with van der Waals surface area (Å²) in [6.45, 7) is 3.86. The highest BCUT2D eigenvalue weighted by atomic mass is 16.5. The Hall–Kier alpha value is -1.40. The summed E-state index contributed by atoms with van der Waals surface area (Å²) in [4.78, 5) is 22.1. The van der Waals surface area contributed by atoms with Crippen LogP contribution in [0.5, 0.6) is 0 Å². The van der Waals surface area contributed by atoms with Crippen LogP contribution in [0.25, 0.3) is 0 Å². The topological polar surface area (TPSA) is 102 Å². The van der Waals surface area contributed by atoms with E-state index >= 15 is 0 Å². The van der Waals surface area contributed by atoms with Crippen molar-refractivity contribution in [2.45, 2.75) is 44.9 Å². The molecule has 1 unspecified atom stereocenters. The fraction of sp³-hybridized carbons (Fsp3) is 0.667. The quantitative estimate of drug-likeness (QED) is 0.644. The van der Waals surface area contributed by atoms with Crippen molar-refractivity contribution >= 4 is 11.9 Å². The van der Waals surface area contributed by atoms with Crippen LogP contribution in [-0.2, 0) is 14.3 Å². The number of rotatable bonds is 5. The van der Waals surface area contributed by atoms with Crippen LogP contribution in [0.1, 0.15) is 26.7 Å². The summed E-state index contributed by atoms with van der Waals surface area (Å²) in [5.74, 6) is -1.19. The molecule has 0 aromatic carbocycles. The van der Waals surface area contributed by atoms with Gasteiger partial charge in [-0.15, -0.1) is 0 Å². The second-order valence-electron chi connectivity index (χ2n) is 4.43. The van der Waals surface area contributed by atoms with Crippen molar-refractivity contribution in [1.82, 2.24) is 5.32 Å². The molecule has 0 radical (unpaired) electrons. The van der Waals surface area contributed by atoms with Crippen LogP contribution in [0.2, 0.25) is 0 Å². The lowest BCUT2D eigenvalue weighted by Gasteiger charge is -2.34. The number of nitrogens with one attached hydrogen (secondary N) is 1. The predicted octanol–water partition coefficient (Wildman–Crippen LogP) is 0.0283. The van der Waals surface area contributed by atoms with Crippen molar-refractivity contribution in [2.24, 2.45) is 5.73 Å². The molecule has 6 nitrogen and oxygen atoms in total. The van der Waals surface area contributed by atoms with Gasteiger partial charge >= 0.3 is 5.97 Å². The van der Waals surface area contributed by atoms with Crippen LogP contribution in [0.15, 0.2) is 11.6 Å². The lowest BCUT2D eigenvalue weighted by molar-refractivity contribution is -0.133. The minimum absolute atomic E-state index is 0.201. The second kappa shape index (κ2) is 6.51. The van der Waals surface area contributed by atoms with Crippen LogP contribution in [0.3, 0.4) is 0 Å². The van der Waals surface area contributed by atoms with Gasteiger partial charge < -0.3 is 20.9 Å². The number of carbonyl (C=O) groups excluding carboxylic acids is 1. The van der Waals surface area contributed by atoms with E-state index in [1.807, 2.05) is 6.92 Å².